The first-order valence-electron chi connectivity index (χ1n) is 0.894. The van der Waals surface area contributed by atoms with Crippen LogP contribution in [0.15, 0.2) is 0 Å². The van der Waals surface area contributed by atoms with Crippen LogP contribution in [0.5, 0.6) is 0 Å². The summed E-state index contributed by atoms with van der Waals surface area (Å²) in [6.45, 7) is 0. The molecular weight excluding hydrogens is 186 g/mol. The van der Waals surface area contributed by atoms with Crippen LogP contribution in [0.4, 0.5) is 0 Å². The van der Waals surface area contributed by atoms with Gasteiger partial charge < -0.3 is 23.5 Å². The summed E-state index contributed by atoms with van der Waals surface area (Å²) in [5, 5.41) is 0. The minimum atomic E-state index is -4.61. The standard InChI is InChI=1S/Ca.Na.H4O4Si.H3P.3H/c;;1-5(2,3)4;;;;/h;;1-4H;1H3;;;/q+2;+1;;;3*-1. The maximum Gasteiger partial charge on any atom is 2.00 e. The van der Waals surface area contributed by atoms with Crippen LogP contribution in [0, 0.1) is 0 Å². The summed E-state index contributed by atoms with van der Waals surface area (Å²) in [5.41, 5.74) is 0. The molecule has 0 amide bonds. The van der Waals surface area contributed by atoms with Crippen LogP contribution < -0.4 is 29.6 Å². The Labute approximate surface area is 108 Å². The number of hydrogen-bond donors (Lipinski definition) is 4. The molecular formula is H10CaNaO4PSi. The Balaban J connectivity index is -0.00000000533. The minimum Gasteiger partial charge on any atom is -1.00 e. The van der Waals surface area contributed by atoms with Crippen molar-refractivity contribution in [3.8, 4) is 0 Å². The van der Waals surface area contributed by atoms with Crippen LogP contribution in [0.3, 0.4) is 0 Å². The third-order valence-corrected chi connectivity index (χ3v) is 0. The average Bonchev–Trinajstić information content (AvgIpc) is 0.722. The van der Waals surface area contributed by atoms with Gasteiger partial charge in [-0.2, -0.15) is 9.90 Å². The van der Waals surface area contributed by atoms with E-state index in [9.17, 15) is 0 Å². The molecule has 0 heterocycles. The van der Waals surface area contributed by atoms with Gasteiger partial charge in [0, 0.05) is 0 Å². The average molecular weight is 196 g/mol. The van der Waals surface area contributed by atoms with Gasteiger partial charge in [-0.25, -0.2) is 0 Å². The van der Waals surface area contributed by atoms with Crippen molar-refractivity contribution in [2.24, 2.45) is 0 Å². The Morgan fingerprint density at radius 2 is 1.00 bits per heavy atom. The number of hydrogen-bond acceptors (Lipinski definition) is 4. The Morgan fingerprint density at radius 1 is 1.00 bits per heavy atom. The Kier molecular flexibility index (Phi) is 27.3. The topological polar surface area (TPSA) is 80.9 Å². The Bertz CT molecular complexity index is 40.8. The molecule has 0 spiro atoms. The second-order valence-electron chi connectivity index (χ2n) is 0.600. The van der Waals surface area contributed by atoms with Gasteiger partial charge in [-0.05, 0) is 0 Å². The van der Waals surface area contributed by atoms with Gasteiger partial charge in [0.05, 0.1) is 0 Å². The fourth-order valence-electron chi connectivity index (χ4n) is 0. The van der Waals surface area contributed by atoms with E-state index in [1.54, 1.807) is 0 Å². The molecule has 0 aliphatic heterocycles. The molecule has 8 heteroatoms. The zero-order valence-corrected chi connectivity index (χ0v) is 11.3. The van der Waals surface area contributed by atoms with Crippen molar-refractivity contribution in [2.75, 3.05) is 0 Å². The molecule has 0 aromatic heterocycles. The summed E-state index contributed by atoms with van der Waals surface area (Å²) in [4.78, 5) is 29.3. The van der Waals surface area contributed by atoms with Crippen LogP contribution >= 0.6 is 9.90 Å². The molecule has 0 saturated carbocycles. The molecule has 1 atom stereocenters. The van der Waals surface area contributed by atoms with Crippen molar-refractivity contribution >= 4 is 56.7 Å². The van der Waals surface area contributed by atoms with Gasteiger partial charge >= 0.3 is 76.3 Å². The molecule has 46 valence electrons. The minimum absolute atomic E-state index is 0. The molecule has 0 saturated heterocycles. The summed E-state index contributed by atoms with van der Waals surface area (Å²) in [6.07, 6.45) is 0. The summed E-state index contributed by atoms with van der Waals surface area (Å²) >= 11 is 0. The summed E-state index contributed by atoms with van der Waals surface area (Å²) in [7, 11) is -4.61. The maximum absolute atomic E-state index is 7.33. The van der Waals surface area contributed by atoms with Crippen molar-refractivity contribution in [3.63, 3.8) is 0 Å². The van der Waals surface area contributed by atoms with Crippen LogP contribution in [0.2, 0.25) is 0 Å². The van der Waals surface area contributed by atoms with Gasteiger partial charge in [0.2, 0.25) is 0 Å². The molecule has 4 nitrogen and oxygen atoms in total. The normalized spacial score (nSPS) is 7.50. The molecule has 0 rings (SSSR count). The second-order valence-corrected chi connectivity index (χ2v) is 1.80. The summed E-state index contributed by atoms with van der Waals surface area (Å²) in [6, 6.07) is 0. The van der Waals surface area contributed by atoms with E-state index in [1.807, 2.05) is 0 Å². The van der Waals surface area contributed by atoms with E-state index in [0.29, 0.717) is 0 Å². The van der Waals surface area contributed by atoms with Crippen LogP contribution in [-0.4, -0.2) is 66.0 Å². The molecule has 0 fully saturated rings. The predicted octanol–water partition coefficient (Wildman–Crippen LogP) is -5.59. The molecule has 1 unspecified atom stereocenters. The molecule has 0 aliphatic rings. The van der Waals surface area contributed by atoms with E-state index < -0.39 is 9.05 Å². The van der Waals surface area contributed by atoms with Gasteiger partial charge in [-0.1, -0.05) is 0 Å². The van der Waals surface area contributed by atoms with E-state index in [-0.39, 0.29) is 81.5 Å². The third-order valence-electron chi connectivity index (χ3n) is 0. The second kappa shape index (κ2) is 9.75. The smallest absolute Gasteiger partial charge is 1.00 e. The maximum atomic E-state index is 7.33. The largest absolute Gasteiger partial charge is 2.00 e. The summed E-state index contributed by atoms with van der Waals surface area (Å²) < 4.78 is 0. The van der Waals surface area contributed by atoms with Gasteiger partial charge in [0.15, 0.2) is 0 Å². The van der Waals surface area contributed by atoms with Crippen LogP contribution in [0.25, 0.3) is 0 Å². The number of rotatable bonds is 0. The Hall–Kier alpha value is 2.75. The molecule has 4 N–H and O–H groups in total. The zero-order valence-electron chi connectivity index (χ0n) is 7.70. The molecule has 0 aliphatic carbocycles. The Morgan fingerprint density at radius 3 is 1.00 bits per heavy atom. The zero-order chi connectivity index (χ0) is 4.50. The van der Waals surface area contributed by atoms with Crippen LogP contribution in [0.1, 0.15) is 4.28 Å². The van der Waals surface area contributed by atoms with Crippen molar-refractivity contribution in [1.29, 1.82) is 0 Å². The van der Waals surface area contributed by atoms with Crippen LogP contribution in [-0.2, 0) is 0 Å². The van der Waals surface area contributed by atoms with Gasteiger partial charge in [-0.15, -0.1) is 0 Å². The first-order valence-corrected chi connectivity index (χ1v) is 2.68. The van der Waals surface area contributed by atoms with Crippen molar-refractivity contribution in [3.05, 3.63) is 0 Å². The predicted molar refractivity (Wildman–Crippen MR) is 34.8 cm³/mol. The van der Waals surface area contributed by atoms with Gasteiger partial charge in [-0.3, -0.25) is 0 Å². The summed E-state index contributed by atoms with van der Waals surface area (Å²) in [5.74, 6) is 0. The molecule has 0 bridgehead atoms. The van der Waals surface area contributed by atoms with E-state index >= 15 is 0 Å². The van der Waals surface area contributed by atoms with Crippen molar-refractivity contribution in [1.82, 2.24) is 0 Å². The van der Waals surface area contributed by atoms with E-state index in [1.165, 1.54) is 0 Å². The monoisotopic (exact) mass is 196 g/mol. The molecule has 0 radical (unpaired) electrons. The van der Waals surface area contributed by atoms with Gasteiger partial charge in [0.1, 0.15) is 0 Å². The van der Waals surface area contributed by atoms with E-state index in [0.717, 1.165) is 0 Å². The third kappa shape index (κ3) is 69.6. The fourth-order valence-corrected chi connectivity index (χ4v) is 0. The first-order chi connectivity index (χ1) is 2.00. The molecule has 0 aromatic rings. The van der Waals surface area contributed by atoms with Gasteiger partial charge in [0.25, 0.3) is 0 Å². The molecule has 0 aromatic carbocycles. The van der Waals surface area contributed by atoms with Crippen molar-refractivity contribution < 1.29 is 53.0 Å². The quantitative estimate of drug-likeness (QED) is 0.230. The van der Waals surface area contributed by atoms with E-state index in [2.05, 4.69) is 0 Å². The van der Waals surface area contributed by atoms with Crippen molar-refractivity contribution in [2.45, 2.75) is 0 Å². The van der Waals surface area contributed by atoms with E-state index in [4.69, 9.17) is 19.2 Å². The SMILES string of the molecule is O[Si](O)(O)O.P.[Ca+2].[H-].[H-].[H-].[Na+]. The molecule has 8 heavy (non-hydrogen) atoms. The first kappa shape index (κ1) is 22.4. The fraction of sp³-hybridized carbons (Fsp3) is 0.